The molecule has 4 unspecified atom stereocenters. The molecule has 164 valence electrons. The van der Waals surface area contributed by atoms with E-state index in [9.17, 15) is 28.8 Å². The Morgan fingerprint density at radius 2 is 1.31 bits per heavy atom. The quantitative estimate of drug-likeness (QED) is 0.124. The van der Waals surface area contributed by atoms with Gasteiger partial charge in [-0.05, 0) is 0 Å². The van der Waals surface area contributed by atoms with Crippen molar-refractivity contribution in [3.8, 4) is 0 Å². The molecule has 0 aromatic carbocycles. The third-order valence-electron chi connectivity index (χ3n) is 3.38. The first-order chi connectivity index (χ1) is 13.4. The Morgan fingerprint density at radius 1 is 0.828 bits per heavy atom. The number of primary amides is 1. The van der Waals surface area contributed by atoms with Gasteiger partial charge in [-0.1, -0.05) is 0 Å². The first-order valence-electron chi connectivity index (χ1n) is 8.04. The van der Waals surface area contributed by atoms with Crippen molar-refractivity contribution in [3.05, 3.63) is 0 Å². The molecule has 0 bridgehead atoms. The molecule has 0 aliphatic heterocycles. The normalized spacial score (nSPS) is 14.6. The number of hydrogen-bond acceptors (Lipinski definition) is 9. The Bertz CT molecular complexity index is 659. The monoisotopic (exact) mass is 437 g/mol. The number of aliphatic hydroxyl groups excluding tert-OH is 1. The predicted molar refractivity (Wildman–Crippen MR) is 98.4 cm³/mol. The summed E-state index contributed by atoms with van der Waals surface area (Å²) < 4.78 is 0. The van der Waals surface area contributed by atoms with Crippen molar-refractivity contribution in [2.45, 2.75) is 37.0 Å². The van der Waals surface area contributed by atoms with Crippen LogP contribution in [-0.2, 0) is 28.8 Å². The minimum Gasteiger partial charge on any atom is -0.481 e. The summed E-state index contributed by atoms with van der Waals surface area (Å²) in [5.41, 5.74) is 10.3. The van der Waals surface area contributed by atoms with Gasteiger partial charge in [-0.15, -0.1) is 0 Å². The third kappa shape index (κ3) is 9.72. The van der Waals surface area contributed by atoms with Gasteiger partial charge in [0.2, 0.25) is 23.6 Å². The van der Waals surface area contributed by atoms with Crippen LogP contribution in [-0.4, -0.2) is 87.4 Å². The summed E-state index contributed by atoms with van der Waals surface area (Å²) in [6.45, 7) is -0.695. The second-order valence-electron chi connectivity index (χ2n) is 5.76. The van der Waals surface area contributed by atoms with Gasteiger partial charge in [-0.25, -0.2) is 4.79 Å². The van der Waals surface area contributed by atoms with Gasteiger partial charge in [0.05, 0.1) is 19.4 Å². The van der Waals surface area contributed by atoms with Crippen molar-refractivity contribution >= 4 is 48.2 Å². The molecule has 0 aromatic heterocycles. The Kier molecular flexibility index (Phi) is 11.3. The third-order valence-corrected chi connectivity index (χ3v) is 3.75. The van der Waals surface area contributed by atoms with Gasteiger partial charge in [-0.2, -0.15) is 12.6 Å². The first kappa shape index (κ1) is 26.1. The molecule has 0 spiro atoms. The first-order valence-corrected chi connectivity index (χ1v) is 8.67. The van der Waals surface area contributed by atoms with Crippen LogP contribution in [0.15, 0.2) is 0 Å². The van der Waals surface area contributed by atoms with Crippen molar-refractivity contribution in [1.82, 2.24) is 16.0 Å². The molecule has 4 atom stereocenters. The van der Waals surface area contributed by atoms with Crippen LogP contribution in [0, 0.1) is 0 Å². The van der Waals surface area contributed by atoms with Crippen LogP contribution in [0.4, 0.5) is 0 Å². The van der Waals surface area contributed by atoms with Crippen LogP contribution in [0.2, 0.25) is 0 Å². The Hall–Kier alpha value is -2.91. The largest absolute Gasteiger partial charge is 0.481 e. The molecule has 4 amide bonds. The summed E-state index contributed by atoms with van der Waals surface area (Å²) in [5.74, 6) is -7.48. The Morgan fingerprint density at radius 3 is 1.72 bits per heavy atom. The molecule has 0 aromatic rings. The number of nitrogens with one attached hydrogen (secondary N) is 3. The number of carboxylic acids is 2. The summed E-state index contributed by atoms with van der Waals surface area (Å²) >= 11 is 3.88. The lowest BCUT2D eigenvalue weighted by Crippen LogP contribution is -2.58. The molecule has 0 fully saturated rings. The lowest BCUT2D eigenvalue weighted by molar-refractivity contribution is -0.147. The fourth-order valence-electron chi connectivity index (χ4n) is 1.89. The van der Waals surface area contributed by atoms with Crippen LogP contribution >= 0.6 is 12.6 Å². The van der Waals surface area contributed by atoms with Crippen LogP contribution < -0.4 is 27.4 Å². The van der Waals surface area contributed by atoms with E-state index >= 15 is 0 Å². The summed E-state index contributed by atoms with van der Waals surface area (Å²) in [4.78, 5) is 69.2. The number of carboxylic acid groups (broad SMARTS) is 2. The van der Waals surface area contributed by atoms with Crippen molar-refractivity contribution in [1.29, 1.82) is 0 Å². The van der Waals surface area contributed by atoms with Crippen LogP contribution in [0.5, 0.6) is 0 Å². The average molecular weight is 437 g/mol. The lowest BCUT2D eigenvalue weighted by Gasteiger charge is -2.23. The molecule has 0 aliphatic carbocycles. The van der Waals surface area contributed by atoms with Gasteiger partial charge in [0.15, 0.2) is 0 Å². The minimum atomic E-state index is -1.82. The molecule has 0 aliphatic rings. The molecule has 0 saturated carbocycles. The van der Waals surface area contributed by atoms with Crippen molar-refractivity contribution in [2.75, 3.05) is 12.4 Å². The summed E-state index contributed by atoms with van der Waals surface area (Å²) in [7, 11) is 0. The molecular formula is C14H23N5O9S. The van der Waals surface area contributed by atoms with E-state index in [2.05, 4.69) is 23.3 Å². The van der Waals surface area contributed by atoms with E-state index in [0.29, 0.717) is 0 Å². The van der Waals surface area contributed by atoms with Crippen LogP contribution in [0.3, 0.4) is 0 Å². The van der Waals surface area contributed by atoms with Gasteiger partial charge in [0, 0.05) is 5.75 Å². The number of rotatable bonds is 13. The smallest absolute Gasteiger partial charge is 0.326 e. The highest BCUT2D eigenvalue weighted by molar-refractivity contribution is 7.80. The second-order valence-corrected chi connectivity index (χ2v) is 6.13. The number of hydrogen-bond donors (Lipinski definition) is 9. The highest BCUT2D eigenvalue weighted by Crippen LogP contribution is 2.00. The predicted octanol–water partition coefficient (Wildman–Crippen LogP) is -4.88. The SMILES string of the molecule is NC(=O)CC(NC(=O)C(CS)NC(=O)C(N)CO)C(=O)NC(CC(=O)O)C(=O)O. The maximum absolute atomic E-state index is 12.3. The van der Waals surface area contributed by atoms with Gasteiger partial charge >= 0.3 is 11.9 Å². The van der Waals surface area contributed by atoms with E-state index in [4.69, 9.17) is 26.8 Å². The lowest BCUT2D eigenvalue weighted by atomic mass is 10.1. The summed E-state index contributed by atoms with van der Waals surface area (Å²) in [6, 6.07) is -6.11. The van der Waals surface area contributed by atoms with Crippen molar-refractivity contribution < 1.29 is 44.1 Å². The number of aliphatic hydroxyl groups is 1. The number of carbonyl (C=O) groups excluding carboxylic acids is 4. The molecule has 29 heavy (non-hydrogen) atoms. The highest BCUT2D eigenvalue weighted by atomic mass is 32.1. The maximum Gasteiger partial charge on any atom is 0.326 e. The standard InChI is InChI=1S/C14H23N5O9S/c15-5(3-20)11(24)19-8(4-29)13(26)17-6(1-9(16)21)12(25)18-7(14(27)28)2-10(22)23/h5-8,20,29H,1-4,15H2,(H2,16,21)(H,17,26)(H,18,25)(H,19,24)(H,22,23)(H,27,28). The fraction of sp³-hybridized carbons (Fsp3) is 0.571. The second kappa shape index (κ2) is 12.5. The van der Waals surface area contributed by atoms with E-state index in [1.165, 1.54) is 0 Å². The molecule has 14 nitrogen and oxygen atoms in total. The van der Waals surface area contributed by atoms with E-state index < -0.39 is 79.2 Å². The number of nitrogens with two attached hydrogens (primary N) is 2. The van der Waals surface area contributed by atoms with E-state index in [1.807, 2.05) is 5.32 Å². The number of carbonyl (C=O) groups is 6. The topological polar surface area (TPSA) is 251 Å². The summed E-state index contributed by atoms with van der Waals surface area (Å²) in [5, 5.41) is 32.7. The van der Waals surface area contributed by atoms with Crippen molar-refractivity contribution in [2.24, 2.45) is 11.5 Å². The molecule has 15 heteroatoms. The zero-order valence-electron chi connectivity index (χ0n) is 15.0. The Labute approximate surface area is 169 Å². The van der Waals surface area contributed by atoms with Gasteiger partial charge in [0.1, 0.15) is 24.2 Å². The van der Waals surface area contributed by atoms with Crippen LogP contribution in [0.25, 0.3) is 0 Å². The zero-order chi connectivity index (χ0) is 22.7. The van der Waals surface area contributed by atoms with Crippen molar-refractivity contribution in [3.63, 3.8) is 0 Å². The molecule has 0 radical (unpaired) electrons. The van der Waals surface area contributed by atoms with Crippen LogP contribution in [0.1, 0.15) is 12.8 Å². The van der Waals surface area contributed by atoms with E-state index in [0.717, 1.165) is 0 Å². The molecular weight excluding hydrogens is 414 g/mol. The maximum atomic E-state index is 12.3. The highest BCUT2D eigenvalue weighted by Gasteiger charge is 2.31. The number of thiol groups is 1. The Balaban J connectivity index is 5.29. The van der Waals surface area contributed by atoms with Gasteiger partial charge < -0.3 is 42.7 Å². The molecule has 0 heterocycles. The van der Waals surface area contributed by atoms with Gasteiger partial charge in [-0.3, -0.25) is 24.0 Å². The summed E-state index contributed by atoms with van der Waals surface area (Å²) in [6.07, 6.45) is -1.69. The fourth-order valence-corrected chi connectivity index (χ4v) is 2.14. The van der Waals surface area contributed by atoms with Gasteiger partial charge in [0.25, 0.3) is 0 Å². The number of amides is 4. The molecule has 10 N–H and O–H groups in total. The molecule has 0 rings (SSSR count). The van der Waals surface area contributed by atoms with E-state index in [-0.39, 0.29) is 5.75 Å². The zero-order valence-corrected chi connectivity index (χ0v) is 15.9. The minimum absolute atomic E-state index is 0.253. The molecule has 0 saturated heterocycles. The van der Waals surface area contributed by atoms with E-state index in [1.54, 1.807) is 0 Å². The number of aliphatic carboxylic acids is 2. The average Bonchev–Trinajstić information content (AvgIpc) is 2.62.